The van der Waals surface area contributed by atoms with E-state index in [1.807, 2.05) is 44.2 Å². The van der Waals surface area contributed by atoms with E-state index in [1.165, 1.54) is 23.9 Å². The Bertz CT molecular complexity index is 1600. The van der Waals surface area contributed by atoms with Crippen LogP contribution in [-0.2, 0) is 33.0 Å². The number of amides is 2. The highest BCUT2D eigenvalue weighted by Gasteiger charge is 2.33. The van der Waals surface area contributed by atoms with Crippen LogP contribution in [0.5, 0.6) is 5.75 Å². The minimum Gasteiger partial charge on any atom is -0.490 e. The van der Waals surface area contributed by atoms with Gasteiger partial charge in [0.05, 0.1) is 43.2 Å². The lowest BCUT2D eigenvalue weighted by molar-refractivity contribution is -0.115. The molecule has 1 aliphatic rings. The van der Waals surface area contributed by atoms with Crippen molar-refractivity contribution in [3.63, 3.8) is 0 Å². The van der Waals surface area contributed by atoms with Gasteiger partial charge < -0.3 is 29.4 Å². The summed E-state index contributed by atoms with van der Waals surface area (Å²) in [5.74, 6) is -0.547. The fourth-order valence-electron chi connectivity index (χ4n) is 5.48. The largest absolute Gasteiger partial charge is 0.490 e. The Morgan fingerprint density at radius 3 is 2.60 bits per heavy atom. The van der Waals surface area contributed by atoms with Crippen molar-refractivity contribution in [2.24, 2.45) is 13.0 Å². The molecule has 2 N–H and O–H groups in total. The molecule has 0 saturated carbocycles. The second-order valence-corrected chi connectivity index (χ2v) is 14.4. The standard InChI is InChI=1S/C34H47N5O7S/c1-24-19-39(25(2)22-40)34(42)29-18-28(36-32(41)17-27-12-7-6-8-13-27)14-15-30(29)46-26(3)11-9-10-16-45-31(24)20-38(5)47(43,44)33-21-37(4)23-35-33/h6-8,12-15,18,21,23-26,31,40H,9-11,16-17,19-20,22H2,1-5H3,(H,36,41)/t24-,25-,26+,31+/m0/s1. The van der Waals surface area contributed by atoms with Crippen LogP contribution in [0.15, 0.2) is 66.1 Å². The molecule has 0 spiro atoms. The van der Waals surface area contributed by atoms with Crippen molar-refractivity contribution in [3.05, 3.63) is 72.2 Å². The van der Waals surface area contributed by atoms with Gasteiger partial charge in [0.15, 0.2) is 5.03 Å². The van der Waals surface area contributed by atoms with Gasteiger partial charge in [0.1, 0.15) is 5.75 Å². The number of likely N-dealkylation sites (N-methyl/N-ethyl adjacent to an activating group) is 1. The molecule has 256 valence electrons. The number of fused-ring (bicyclic) bond motifs is 1. The van der Waals surface area contributed by atoms with Crippen molar-refractivity contribution >= 4 is 27.5 Å². The molecule has 1 aromatic heterocycles. The van der Waals surface area contributed by atoms with E-state index in [0.29, 0.717) is 24.5 Å². The Balaban J connectivity index is 1.62. The van der Waals surface area contributed by atoms with Crippen LogP contribution < -0.4 is 10.1 Å². The number of nitrogens with one attached hydrogen (secondary N) is 1. The maximum Gasteiger partial charge on any atom is 0.261 e. The maximum atomic E-state index is 14.3. The highest BCUT2D eigenvalue weighted by molar-refractivity contribution is 7.89. The third kappa shape index (κ3) is 9.63. The fourth-order valence-corrected chi connectivity index (χ4v) is 6.62. The number of aromatic nitrogens is 2. The second-order valence-electron chi connectivity index (χ2n) is 12.4. The first-order valence-corrected chi connectivity index (χ1v) is 17.4. The van der Waals surface area contributed by atoms with Crippen LogP contribution in [0.4, 0.5) is 5.69 Å². The number of ether oxygens (including phenoxy) is 2. The van der Waals surface area contributed by atoms with Crippen LogP contribution in [0, 0.1) is 5.92 Å². The number of nitrogens with zero attached hydrogens (tertiary/aromatic N) is 4. The Morgan fingerprint density at radius 1 is 1.17 bits per heavy atom. The van der Waals surface area contributed by atoms with Crippen LogP contribution in [0.2, 0.25) is 0 Å². The number of benzene rings is 2. The highest BCUT2D eigenvalue weighted by Crippen LogP contribution is 2.29. The number of hydrogen-bond acceptors (Lipinski definition) is 8. The van der Waals surface area contributed by atoms with E-state index in [0.717, 1.165) is 18.4 Å². The number of aliphatic hydroxyl groups is 1. The SMILES string of the molecule is C[C@@H]1CCCCO[C@H](CN(C)S(=O)(=O)c2cn(C)cn2)[C@@H](C)CN([C@@H](C)CO)C(=O)c2cc(NC(=O)Cc3ccccc3)ccc2O1. The summed E-state index contributed by atoms with van der Waals surface area (Å²) in [5, 5.41) is 13.0. The predicted octanol–water partition coefficient (Wildman–Crippen LogP) is 3.72. The van der Waals surface area contributed by atoms with Gasteiger partial charge in [-0.05, 0) is 56.9 Å². The maximum absolute atomic E-state index is 14.3. The summed E-state index contributed by atoms with van der Waals surface area (Å²) in [6, 6.07) is 13.8. The third-order valence-electron chi connectivity index (χ3n) is 8.34. The average Bonchev–Trinajstić information content (AvgIpc) is 3.49. The average molecular weight is 670 g/mol. The molecule has 47 heavy (non-hydrogen) atoms. The van der Waals surface area contributed by atoms with Crippen LogP contribution in [-0.4, -0.2) is 95.7 Å². The van der Waals surface area contributed by atoms with E-state index < -0.39 is 22.2 Å². The minimum absolute atomic E-state index is 0.0449. The number of aryl methyl sites for hydroxylation is 1. The van der Waals surface area contributed by atoms with Gasteiger partial charge >= 0.3 is 0 Å². The lowest BCUT2D eigenvalue weighted by atomic mass is 10.0. The molecule has 2 aromatic carbocycles. The lowest BCUT2D eigenvalue weighted by Gasteiger charge is -2.35. The summed E-state index contributed by atoms with van der Waals surface area (Å²) in [6.07, 6.45) is 4.54. The van der Waals surface area contributed by atoms with Crippen molar-refractivity contribution in [1.82, 2.24) is 18.8 Å². The van der Waals surface area contributed by atoms with E-state index in [2.05, 4.69) is 10.3 Å². The topological polar surface area (TPSA) is 143 Å². The van der Waals surface area contributed by atoms with E-state index in [4.69, 9.17) is 9.47 Å². The van der Waals surface area contributed by atoms with Crippen LogP contribution >= 0.6 is 0 Å². The van der Waals surface area contributed by atoms with E-state index >= 15 is 0 Å². The summed E-state index contributed by atoms with van der Waals surface area (Å²) in [5.41, 5.74) is 1.57. The molecule has 0 saturated heterocycles. The van der Waals surface area contributed by atoms with Crippen LogP contribution in [0.25, 0.3) is 0 Å². The van der Waals surface area contributed by atoms with Gasteiger partial charge in [0.2, 0.25) is 5.91 Å². The molecule has 0 aliphatic carbocycles. The van der Waals surface area contributed by atoms with Crippen LogP contribution in [0.1, 0.15) is 56.0 Å². The number of aliphatic hydroxyl groups excluding tert-OH is 1. The molecule has 1 aliphatic heterocycles. The Labute approximate surface area is 277 Å². The predicted molar refractivity (Wildman–Crippen MR) is 179 cm³/mol. The zero-order valence-electron chi connectivity index (χ0n) is 27.8. The fraction of sp³-hybridized carbons (Fsp3) is 0.500. The first-order chi connectivity index (χ1) is 22.4. The molecule has 0 radical (unpaired) electrons. The van der Waals surface area contributed by atoms with E-state index in [1.54, 1.807) is 41.6 Å². The number of rotatable bonds is 9. The summed E-state index contributed by atoms with van der Waals surface area (Å²) in [7, 11) is -0.683. The quantitative estimate of drug-likeness (QED) is 0.351. The monoisotopic (exact) mass is 669 g/mol. The minimum atomic E-state index is -3.88. The summed E-state index contributed by atoms with van der Waals surface area (Å²) in [4.78, 5) is 32.8. The van der Waals surface area contributed by atoms with E-state index in [9.17, 15) is 23.1 Å². The first-order valence-electron chi connectivity index (χ1n) is 16.0. The molecule has 4 atom stereocenters. The Hall–Kier alpha value is -3.78. The molecule has 2 heterocycles. The molecule has 2 amide bonds. The van der Waals surface area contributed by atoms with Gasteiger partial charge in [-0.25, -0.2) is 13.4 Å². The highest BCUT2D eigenvalue weighted by atomic mass is 32.2. The normalized spacial score (nSPS) is 20.6. The smallest absolute Gasteiger partial charge is 0.261 e. The zero-order valence-corrected chi connectivity index (χ0v) is 28.7. The molecular weight excluding hydrogens is 622 g/mol. The van der Waals surface area contributed by atoms with Crippen molar-refractivity contribution in [2.75, 3.05) is 38.7 Å². The molecule has 0 unspecified atom stereocenters. The number of carbonyl (C=O) groups is 2. The Morgan fingerprint density at radius 2 is 1.91 bits per heavy atom. The summed E-state index contributed by atoms with van der Waals surface area (Å²) < 4.78 is 42.0. The summed E-state index contributed by atoms with van der Waals surface area (Å²) in [6.45, 7) is 5.92. The third-order valence-corrected chi connectivity index (χ3v) is 10.0. The Kier molecular flexibility index (Phi) is 12.6. The zero-order chi connectivity index (χ0) is 34.1. The van der Waals surface area contributed by atoms with Crippen molar-refractivity contribution in [2.45, 2.75) is 69.7 Å². The van der Waals surface area contributed by atoms with Gasteiger partial charge in [-0.15, -0.1) is 0 Å². The van der Waals surface area contributed by atoms with Crippen molar-refractivity contribution < 1.29 is 32.6 Å². The van der Waals surface area contributed by atoms with E-state index in [-0.39, 0.29) is 60.5 Å². The van der Waals surface area contributed by atoms with Gasteiger partial charge in [-0.1, -0.05) is 37.3 Å². The molecule has 12 nitrogen and oxygen atoms in total. The number of imidazole rings is 1. The molecule has 4 rings (SSSR count). The van der Waals surface area contributed by atoms with Gasteiger partial charge in [-0.2, -0.15) is 4.31 Å². The number of carbonyl (C=O) groups excluding carboxylic acids is 2. The van der Waals surface area contributed by atoms with Gasteiger partial charge in [0, 0.05) is 51.6 Å². The lowest BCUT2D eigenvalue weighted by Crippen LogP contribution is -2.48. The van der Waals surface area contributed by atoms with Gasteiger partial charge in [-0.3, -0.25) is 9.59 Å². The summed E-state index contributed by atoms with van der Waals surface area (Å²) >= 11 is 0. The molecule has 13 heteroatoms. The number of anilines is 1. The first kappa shape index (κ1) is 36.1. The molecule has 0 fully saturated rings. The molecule has 3 aromatic rings. The molecular formula is C34H47N5O7S. The number of sulfonamides is 1. The van der Waals surface area contributed by atoms with Gasteiger partial charge in [0.25, 0.3) is 15.9 Å². The van der Waals surface area contributed by atoms with Crippen LogP contribution in [0.3, 0.4) is 0 Å². The second kappa shape index (κ2) is 16.4. The van der Waals surface area contributed by atoms with Crippen molar-refractivity contribution in [1.29, 1.82) is 0 Å². The molecule has 0 bridgehead atoms. The van der Waals surface area contributed by atoms with Crippen molar-refractivity contribution in [3.8, 4) is 5.75 Å². The number of hydrogen-bond donors (Lipinski definition) is 2.